The molecule has 0 bridgehead atoms. The molecule has 1 aromatic rings. The van der Waals surface area contributed by atoms with Crippen LogP contribution in [0.15, 0.2) is 12.1 Å². The molecule has 3 atom stereocenters. The van der Waals surface area contributed by atoms with Gasteiger partial charge in [-0.05, 0) is 76.4 Å². The fourth-order valence-corrected chi connectivity index (χ4v) is 5.61. The number of anilines is 1. The predicted octanol–water partition coefficient (Wildman–Crippen LogP) is 7.11. The van der Waals surface area contributed by atoms with Crippen LogP contribution in [-0.2, 0) is 9.16 Å². The van der Waals surface area contributed by atoms with Crippen LogP contribution in [0.3, 0.4) is 0 Å². The summed E-state index contributed by atoms with van der Waals surface area (Å²) < 4.78 is 12.7. The van der Waals surface area contributed by atoms with Gasteiger partial charge in [0.05, 0.1) is 22.7 Å². The van der Waals surface area contributed by atoms with E-state index in [4.69, 9.17) is 20.8 Å². The van der Waals surface area contributed by atoms with E-state index < -0.39 is 13.9 Å². The Morgan fingerprint density at radius 3 is 2.41 bits per heavy atom. The van der Waals surface area contributed by atoms with Gasteiger partial charge in [0, 0.05) is 18.3 Å². The lowest BCUT2D eigenvalue weighted by atomic mass is 9.99. The number of rotatable bonds is 6. The number of benzene rings is 1. The van der Waals surface area contributed by atoms with Gasteiger partial charge in [0.15, 0.2) is 8.32 Å². The Hall–Kier alpha value is -1.75. The molecule has 0 saturated carbocycles. The van der Waals surface area contributed by atoms with Gasteiger partial charge in [0.25, 0.3) is 0 Å². The van der Waals surface area contributed by atoms with Crippen molar-refractivity contribution in [1.29, 1.82) is 5.26 Å². The molecule has 1 amide bonds. The molecule has 1 N–H and O–H groups in total. The van der Waals surface area contributed by atoms with E-state index >= 15 is 0 Å². The number of likely N-dealkylation sites (tertiary alicyclic amines) is 1. The summed E-state index contributed by atoms with van der Waals surface area (Å²) in [5, 5.41) is 13.4. The van der Waals surface area contributed by atoms with Crippen molar-refractivity contribution in [1.82, 2.24) is 4.90 Å². The van der Waals surface area contributed by atoms with Crippen LogP contribution < -0.4 is 5.32 Å². The summed E-state index contributed by atoms with van der Waals surface area (Å²) in [5.41, 5.74) is 1.56. The van der Waals surface area contributed by atoms with Crippen LogP contribution in [0.1, 0.15) is 72.4 Å². The van der Waals surface area contributed by atoms with Crippen LogP contribution in [0.5, 0.6) is 0 Å². The lowest BCUT2D eigenvalue weighted by Crippen LogP contribution is -2.55. The zero-order valence-corrected chi connectivity index (χ0v) is 24.3. The van der Waals surface area contributed by atoms with Crippen molar-refractivity contribution in [3.8, 4) is 6.07 Å². The largest absolute Gasteiger partial charge is 0.444 e. The molecule has 1 aliphatic rings. The fraction of sp³-hybridized carbons (Fsp3) is 0.692. The molecule has 2 rings (SSSR count). The topological polar surface area (TPSA) is 74.6 Å². The van der Waals surface area contributed by atoms with Gasteiger partial charge >= 0.3 is 6.09 Å². The standard InChI is InChI=1S/C26H42ClN3O3Si/c1-11-19(29-20-13-12-18(16-28)22(27)17(20)2)23-21(33-34(9,10)26(6,7)8)14-15-30(23)24(31)32-25(3,4)5/h12-13,19,21,23,29H,11,14-15H2,1-10H3/t19-,21-,23+/m0/s1. The normalized spacial score (nSPS) is 20.1. The summed E-state index contributed by atoms with van der Waals surface area (Å²) in [7, 11) is -2.07. The Bertz CT molecular complexity index is 931. The quantitative estimate of drug-likeness (QED) is 0.415. The van der Waals surface area contributed by atoms with Crippen molar-refractivity contribution in [3.63, 3.8) is 0 Å². The number of hydrogen-bond acceptors (Lipinski definition) is 5. The maximum atomic E-state index is 13.2. The van der Waals surface area contributed by atoms with E-state index in [1.165, 1.54) is 0 Å². The molecule has 1 aliphatic heterocycles. The average molecular weight is 508 g/mol. The van der Waals surface area contributed by atoms with Crippen LogP contribution in [0.4, 0.5) is 10.5 Å². The van der Waals surface area contributed by atoms with Crippen LogP contribution >= 0.6 is 11.6 Å². The van der Waals surface area contributed by atoms with Gasteiger partial charge in [-0.3, -0.25) is 0 Å². The van der Waals surface area contributed by atoms with E-state index in [0.717, 1.165) is 24.1 Å². The molecule has 1 fully saturated rings. The Labute approximate surface area is 212 Å². The van der Waals surface area contributed by atoms with Gasteiger partial charge in [-0.1, -0.05) is 39.3 Å². The zero-order valence-electron chi connectivity index (χ0n) is 22.5. The number of nitrogens with zero attached hydrogens (tertiary/aromatic N) is 2. The number of ether oxygens (including phenoxy) is 1. The highest BCUT2D eigenvalue weighted by Gasteiger charge is 2.48. The summed E-state index contributed by atoms with van der Waals surface area (Å²) in [6, 6.07) is 5.48. The Morgan fingerprint density at radius 1 is 1.29 bits per heavy atom. The van der Waals surface area contributed by atoms with Gasteiger partial charge in [0.1, 0.15) is 11.7 Å². The first-order valence-corrected chi connectivity index (χ1v) is 15.4. The molecule has 0 aliphatic carbocycles. The van der Waals surface area contributed by atoms with Gasteiger partial charge in [-0.15, -0.1) is 0 Å². The summed E-state index contributed by atoms with van der Waals surface area (Å²) >= 11 is 6.44. The average Bonchev–Trinajstić information content (AvgIpc) is 3.10. The second-order valence-electron chi connectivity index (χ2n) is 11.7. The van der Waals surface area contributed by atoms with Gasteiger partial charge in [-0.25, -0.2) is 4.79 Å². The van der Waals surface area contributed by atoms with E-state index in [9.17, 15) is 10.1 Å². The van der Waals surface area contributed by atoms with Crippen molar-refractivity contribution >= 4 is 31.7 Å². The van der Waals surface area contributed by atoms with Crippen molar-refractivity contribution < 1.29 is 14.0 Å². The smallest absolute Gasteiger partial charge is 0.410 e. The summed E-state index contributed by atoms with van der Waals surface area (Å²) in [6.07, 6.45) is 1.13. The minimum atomic E-state index is -2.07. The predicted molar refractivity (Wildman–Crippen MR) is 142 cm³/mol. The molecule has 1 heterocycles. The molecule has 190 valence electrons. The minimum Gasteiger partial charge on any atom is -0.444 e. The van der Waals surface area contributed by atoms with Gasteiger partial charge in [-0.2, -0.15) is 5.26 Å². The number of amides is 1. The Kier molecular flexibility index (Phi) is 8.77. The van der Waals surface area contributed by atoms with Crippen LogP contribution in [0.2, 0.25) is 23.2 Å². The fourth-order valence-electron chi connectivity index (χ4n) is 4.04. The van der Waals surface area contributed by atoms with E-state index in [-0.39, 0.29) is 29.3 Å². The molecule has 8 heteroatoms. The summed E-state index contributed by atoms with van der Waals surface area (Å²) in [4.78, 5) is 15.1. The van der Waals surface area contributed by atoms with Crippen molar-refractivity contribution in [2.24, 2.45) is 0 Å². The lowest BCUT2D eigenvalue weighted by Gasteiger charge is -2.42. The second kappa shape index (κ2) is 10.5. The molecule has 0 aromatic heterocycles. The lowest BCUT2D eigenvalue weighted by molar-refractivity contribution is 0.0138. The number of nitriles is 1. The highest BCUT2D eigenvalue weighted by Crippen LogP contribution is 2.40. The van der Waals surface area contributed by atoms with Gasteiger partial charge in [0.2, 0.25) is 0 Å². The minimum absolute atomic E-state index is 0.0588. The maximum absolute atomic E-state index is 13.2. The van der Waals surface area contributed by atoms with Crippen LogP contribution in [0.25, 0.3) is 0 Å². The first-order chi connectivity index (χ1) is 15.5. The first-order valence-electron chi connectivity index (χ1n) is 12.2. The number of hydrogen-bond donors (Lipinski definition) is 1. The summed E-state index contributed by atoms with van der Waals surface area (Å²) in [6.45, 7) is 21.4. The van der Waals surface area contributed by atoms with Gasteiger partial charge < -0.3 is 19.4 Å². The third-order valence-electron chi connectivity index (χ3n) is 6.98. The van der Waals surface area contributed by atoms with E-state index in [2.05, 4.69) is 52.2 Å². The summed E-state index contributed by atoms with van der Waals surface area (Å²) in [5.74, 6) is 0. The number of halogens is 1. The molecular formula is C26H42ClN3O3Si. The third kappa shape index (κ3) is 6.47. The van der Waals surface area contributed by atoms with E-state index in [1.807, 2.05) is 38.7 Å². The van der Waals surface area contributed by atoms with E-state index in [1.54, 1.807) is 6.07 Å². The Morgan fingerprint density at radius 2 is 1.91 bits per heavy atom. The van der Waals surface area contributed by atoms with E-state index in [0.29, 0.717) is 17.1 Å². The molecule has 0 radical (unpaired) electrons. The first kappa shape index (κ1) is 28.5. The number of nitrogens with one attached hydrogen (secondary N) is 1. The second-order valence-corrected chi connectivity index (χ2v) is 16.9. The molecule has 1 saturated heterocycles. The SMILES string of the molecule is CC[C@H](Nc1ccc(C#N)c(Cl)c1C)[C@@H]1[C@@H](O[Si](C)(C)C(C)(C)C)CCN1C(=O)OC(C)(C)C. The zero-order chi connectivity index (χ0) is 26.1. The Balaban J connectivity index is 2.44. The third-order valence-corrected chi connectivity index (χ3v) is 12.0. The number of carbonyl (C=O) groups excluding carboxylic acids is 1. The molecule has 1 aromatic carbocycles. The van der Waals surface area contributed by atoms with Crippen LogP contribution in [-0.4, -0.2) is 49.6 Å². The molecule has 34 heavy (non-hydrogen) atoms. The molecule has 6 nitrogen and oxygen atoms in total. The molecular weight excluding hydrogens is 466 g/mol. The van der Waals surface area contributed by atoms with Crippen molar-refractivity contribution in [2.45, 2.75) is 110 Å². The number of carbonyl (C=O) groups is 1. The van der Waals surface area contributed by atoms with Crippen LogP contribution in [0, 0.1) is 18.3 Å². The van der Waals surface area contributed by atoms with Crippen molar-refractivity contribution in [3.05, 3.63) is 28.3 Å². The highest BCUT2D eigenvalue weighted by molar-refractivity contribution is 6.74. The van der Waals surface area contributed by atoms with Crippen molar-refractivity contribution in [2.75, 3.05) is 11.9 Å². The molecule has 0 spiro atoms. The maximum Gasteiger partial charge on any atom is 0.410 e. The molecule has 0 unspecified atom stereocenters. The highest BCUT2D eigenvalue weighted by atomic mass is 35.5. The monoisotopic (exact) mass is 507 g/mol.